The second-order valence-electron chi connectivity index (χ2n) is 2.94. The largest absolute Gasteiger partial charge is 0.396 e. The molecule has 0 unspecified atom stereocenters. The first-order chi connectivity index (χ1) is 6.34. The minimum Gasteiger partial charge on any atom is -0.396 e. The van der Waals surface area contributed by atoms with E-state index in [0.29, 0.717) is 0 Å². The van der Waals surface area contributed by atoms with Crippen molar-refractivity contribution in [2.24, 2.45) is 7.05 Å². The first-order valence-electron chi connectivity index (χ1n) is 4.49. The van der Waals surface area contributed by atoms with Gasteiger partial charge in [0.25, 0.3) is 0 Å². The van der Waals surface area contributed by atoms with Crippen molar-refractivity contribution >= 4 is 0 Å². The van der Waals surface area contributed by atoms with Crippen LogP contribution < -0.4 is 5.32 Å². The van der Waals surface area contributed by atoms with Crippen LogP contribution in [-0.2, 0) is 13.5 Å². The van der Waals surface area contributed by atoms with Gasteiger partial charge in [-0.2, -0.15) is 0 Å². The van der Waals surface area contributed by atoms with Gasteiger partial charge in [0.2, 0.25) is 0 Å². The Labute approximate surface area is 77.8 Å². The van der Waals surface area contributed by atoms with Crippen molar-refractivity contribution in [2.45, 2.75) is 12.8 Å². The Kier molecular flexibility index (Phi) is 4.42. The Morgan fingerprint density at radius 1 is 1.54 bits per heavy atom. The number of rotatable bonds is 6. The van der Waals surface area contributed by atoms with E-state index in [-0.39, 0.29) is 6.61 Å². The van der Waals surface area contributed by atoms with Crippen LogP contribution in [0.1, 0.15) is 12.2 Å². The van der Waals surface area contributed by atoms with E-state index in [4.69, 9.17) is 5.11 Å². The average molecular weight is 184 g/mol. The zero-order valence-electron chi connectivity index (χ0n) is 7.90. The number of hydrogen-bond donors (Lipinski definition) is 2. The first-order valence-corrected chi connectivity index (χ1v) is 4.49. The molecule has 13 heavy (non-hydrogen) atoms. The molecule has 2 N–H and O–H groups in total. The minimum atomic E-state index is 0.247. The van der Waals surface area contributed by atoms with Crippen molar-refractivity contribution in [3.63, 3.8) is 0 Å². The molecule has 0 saturated heterocycles. The number of aliphatic hydroxyl groups excluding tert-OH is 1. The standard InChI is InChI=1S/C8H16N4O/c1-12-7-10-11-8(12)3-5-9-4-2-6-13/h7,9,13H,2-6H2,1H3. The molecular formula is C8H16N4O. The monoisotopic (exact) mass is 184 g/mol. The fourth-order valence-corrected chi connectivity index (χ4v) is 1.06. The SMILES string of the molecule is Cn1cnnc1CCNCCCO. The number of aromatic nitrogens is 3. The van der Waals surface area contributed by atoms with E-state index in [1.807, 2.05) is 11.6 Å². The van der Waals surface area contributed by atoms with Gasteiger partial charge >= 0.3 is 0 Å². The van der Waals surface area contributed by atoms with Crippen LogP contribution in [0.2, 0.25) is 0 Å². The summed E-state index contributed by atoms with van der Waals surface area (Å²) in [5.74, 6) is 0.983. The topological polar surface area (TPSA) is 63.0 Å². The van der Waals surface area contributed by atoms with Crippen LogP contribution in [0.25, 0.3) is 0 Å². The summed E-state index contributed by atoms with van der Waals surface area (Å²) in [5.41, 5.74) is 0. The van der Waals surface area contributed by atoms with E-state index in [1.165, 1.54) is 0 Å². The highest BCUT2D eigenvalue weighted by Crippen LogP contribution is 1.90. The van der Waals surface area contributed by atoms with Crippen molar-refractivity contribution in [3.05, 3.63) is 12.2 Å². The molecule has 5 heteroatoms. The van der Waals surface area contributed by atoms with E-state index in [1.54, 1.807) is 6.33 Å². The molecule has 0 spiro atoms. The summed E-state index contributed by atoms with van der Waals surface area (Å²) >= 11 is 0. The predicted molar refractivity (Wildman–Crippen MR) is 49.3 cm³/mol. The van der Waals surface area contributed by atoms with Crippen molar-refractivity contribution in [2.75, 3.05) is 19.7 Å². The van der Waals surface area contributed by atoms with Crippen LogP contribution >= 0.6 is 0 Å². The smallest absolute Gasteiger partial charge is 0.133 e. The number of nitrogens with zero attached hydrogens (tertiary/aromatic N) is 3. The summed E-state index contributed by atoms with van der Waals surface area (Å²) in [6, 6.07) is 0. The quantitative estimate of drug-likeness (QED) is 0.576. The Bertz CT molecular complexity index is 236. The van der Waals surface area contributed by atoms with Crippen LogP contribution in [-0.4, -0.2) is 39.6 Å². The number of aryl methyl sites for hydroxylation is 1. The lowest BCUT2D eigenvalue weighted by atomic mass is 10.4. The Morgan fingerprint density at radius 2 is 2.38 bits per heavy atom. The normalized spacial score (nSPS) is 10.6. The molecule has 0 aromatic carbocycles. The van der Waals surface area contributed by atoms with Crippen molar-refractivity contribution in [3.8, 4) is 0 Å². The minimum absolute atomic E-state index is 0.247. The molecular weight excluding hydrogens is 168 g/mol. The average Bonchev–Trinajstić information content (AvgIpc) is 2.52. The maximum Gasteiger partial charge on any atom is 0.133 e. The zero-order chi connectivity index (χ0) is 9.52. The van der Waals surface area contributed by atoms with Gasteiger partial charge in [-0.25, -0.2) is 0 Å². The fourth-order valence-electron chi connectivity index (χ4n) is 1.06. The summed E-state index contributed by atoms with van der Waals surface area (Å²) in [7, 11) is 1.93. The Morgan fingerprint density at radius 3 is 3.00 bits per heavy atom. The summed E-state index contributed by atoms with van der Waals surface area (Å²) in [6.07, 6.45) is 3.38. The molecule has 0 aliphatic heterocycles. The molecule has 0 saturated carbocycles. The number of hydrogen-bond acceptors (Lipinski definition) is 4. The molecule has 0 aliphatic rings. The van der Waals surface area contributed by atoms with Crippen LogP contribution in [0.15, 0.2) is 6.33 Å². The van der Waals surface area contributed by atoms with Gasteiger partial charge in [-0.1, -0.05) is 0 Å². The molecule has 1 aromatic heterocycles. The summed E-state index contributed by atoms with van der Waals surface area (Å²) in [6.45, 7) is 1.98. The van der Waals surface area contributed by atoms with Gasteiger partial charge in [0, 0.05) is 26.6 Å². The molecule has 5 nitrogen and oxygen atoms in total. The molecule has 0 amide bonds. The molecule has 0 atom stereocenters. The third kappa shape index (κ3) is 3.52. The van der Waals surface area contributed by atoms with Crippen molar-refractivity contribution in [1.82, 2.24) is 20.1 Å². The third-order valence-electron chi connectivity index (χ3n) is 1.84. The third-order valence-corrected chi connectivity index (χ3v) is 1.84. The van der Waals surface area contributed by atoms with Crippen LogP contribution in [0, 0.1) is 0 Å². The van der Waals surface area contributed by atoms with Gasteiger partial charge < -0.3 is 15.0 Å². The van der Waals surface area contributed by atoms with E-state index in [0.717, 1.165) is 31.8 Å². The highest BCUT2D eigenvalue weighted by molar-refractivity contribution is 4.84. The highest BCUT2D eigenvalue weighted by Gasteiger charge is 1.98. The van der Waals surface area contributed by atoms with Gasteiger partial charge in [-0.05, 0) is 13.0 Å². The molecule has 0 aliphatic carbocycles. The fraction of sp³-hybridized carbons (Fsp3) is 0.750. The summed E-state index contributed by atoms with van der Waals surface area (Å²) in [4.78, 5) is 0. The molecule has 74 valence electrons. The van der Waals surface area contributed by atoms with Gasteiger partial charge in [-0.15, -0.1) is 10.2 Å². The van der Waals surface area contributed by atoms with Crippen LogP contribution in [0.5, 0.6) is 0 Å². The Hall–Kier alpha value is -0.940. The highest BCUT2D eigenvalue weighted by atomic mass is 16.3. The van der Waals surface area contributed by atoms with E-state index >= 15 is 0 Å². The molecule has 1 aromatic rings. The predicted octanol–water partition coefficient (Wildman–Crippen LogP) is -0.670. The maximum atomic E-state index is 8.53. The van der Waals surface area contributed by atoms with Crippen molar-refractivity contribution < 1.29 is 5.11 Å². The summed E-state index contributed by atoms with van der Waals surface area (Å²) < 4.78 is 1.91. The molecule has 1 rings (SSSR count). The van der Waals surface area contributed by atoms with Gasteiger partial charge in [-0.3, -0.25) is 0 Å². The number of aliphatic hydroxyl groups is 1. The van der Waals surface area contributed by atoms with Crippen molar-refractivity contribution in [1.29, 1.82) is 0 Å². The van der Waals surface area contributed by atoms with Gasteiger partial charge in [0.05, 0.1) is 0 Å². The first kappa shape index (κ1) is 10.1. The van der Waals surface area contributed by atoms with E-state index in [9.17, 15) is 0 Å². The lowest BCUT2D eigenvalue weighted by Gasteiger charge is -2.02. The lowest BCUT2D eigenvalue weighted by molar-refractivity contribution is 0.286. The van der Waals surface area contributed by atoms with Gasteiger partial charge in [0.1, 0.15) is 12.2 Å². The van der Waals surface area contributed by atoms with Crippen LogP contribution in [0.4, 0.5) is 0 Å². The Balaban J connectivity index is 2.10. The molecule has 0 fully saturated rings. The number of nitrogens with one attached hydrogen (secondary N) is 1. The second-order valence-corrected chi connectivity index (χ2v) is 2.94. The summed E-state index contributed by atoms with van der Waals surface area (Å²) in [5, 5.41) is 19.5. The van der Waals surface area contributed by atoms with E-state index < -0.39 is 0 Å². The van der Waals surface area contributed by atoms with E-state index in [2.05, 4.69) is 15.5 Å². The lowest BCUT2D eigenvalue weighted by Crippen LogP contribution is -2.20. The molecule has 1 heterocycles. The van der Waals surface area contributed by atoms with Gasteiger partial charge in [0.15, 0.2) is 0 Å². The zero-order valence-corrected chi connectivity index (χ0v) is 7.90. The van der Waals surface area contributed by atoms with Crippen LogP contribution in [0.3, 0.4) is 0 Å². The second kappa shape index (κ2) is 5.66. The molecule has 0 radical (unpaired) electrons. The maximum absolute atomic E-state index is 8.53. The molecule has 0 bridgehead atoms.